The van der Waals surface area contributed by atoms with Gasteiger partial charge < -0.3 is 34.7 Å². The molecule has 0 saturated carbocycles. The van der Waals surface area contributed by atoms with E-state index in [1.165, 1.54) is 12.8 Å². The van der Waals surface area contributed by atoms with E-state index >= 15 is 0 Å². The highest BCUT2D eigenvalue weighted by atomic mass is 16.5. The van der Waals surface area contributed by atoms with E-state index in [4.69, 9.17) is 15.2 Å². The quantitative estimate of drug-likeness (QED) is 0.345. The van der Waals surface area contributed by atoms with E-state index in [1.54, 1.807) is 42.0 Å². The number of carbonyl (C=O) groups excluding carboxylic acids is 2. The van der Waals surface area contributed by atoms with Crippen molar-refractivity contribution in [1.82, 2.24) is 20.0 Å². The molecule has 1 unspecified atom stereocenters. The lowest BCUT2D eigenvalue weighted by Crippen LogP contribution is -2.31. The number of nitrogens with zero attached hydrogens (tertiary/aromatic N) is 3. The number of amides is 1. The van der Waals surface area contributed by atoms with Crippen molar-refractivity contribution >= 4 is 12.2 Å². The second kappa shape index (κ2) is 14.1. The Morgan fingerprint density at radius 2 is 2.05 bits per heavy atom. The molecular formula is C27H33N5O6. The molecule has 1 saturated heterocycles. The van der Waals surface area contributed by atoms with Crippen molar-refractivity contribution < 1.29 is 28.7 Å². The number of aromatic nitrogens is 3. The van der Waals surface area contributed by atoms with Crippen molar-refractivity contribution in [3.8, 4) is 29.0 Å². The Balaban J connectivity index is 0.000000231. The summed E-state index contributed by atoms with van der Waals surface area (Å²) < 4.78 is 17.0. The average molecular weight is 524 g/mol. The van der Waals surface area contributed by atoms with Crippen LogP contribution in [-0.4, -0.2) is 71.0 Å². The van der Waals surface area contributed by atoms with Crippen LogP contribution in [0.15, 0.2) is 35.0 Å². The van der Waals surface area contributed by atoms with Crippen LogP contribution in [0.3, 0.4) is 0 Å². The number of hydrogen-bond acceptors (Lipinski definition) is 9. The van der Waals surface area contributed by atoms with E-state index in [0.717, 1.165) is 19.0 Å². The number of carbonyl (C=O) groups is 2. The SMILES string of the molecule is CC(O)C#Cc1ccc2c(c1)-c1nc(C(N)=O)c(C=O)n1CCO2.CNC1CCOCC1.Cc1ccno1. The molecule has 2 aliphatic rings. The summed E-state index contributed by atoms with van der Waals surface area (Å²) in [5.41, 5.74) is 6.66. The van der Waals surface area contributed by atoms with Crippen LogP contribution in [0.4, 0.5) is 0 Å². The Morgan fingerprint density at radius 3 is 2.58 bits per heavy atom. The van der Waals surface area contributed by atoms with E-state index < -0.39 is 12.0 Å². The molecule has 202 valence electrons. The second-order valence-corrected chi connectivity index (χ2v) is 8.61. The van der Waals surface area contributed by atoms with Crippen LogP contribution in [0.2, 0.25) is 0 Å². The van der Waals surface area contributed by atoms with Crippen LogP contribution >= 0.6 is 0 Å². The van der Waals surface area contributed by atoms with Crippen LogP contribution in [0.1, 0.15) is 52.1 Å². The highest BCUT2D eigenvalue weighted by Gasteiger charge is 2.25. The molecule has 1 amide bonds. The maximum atomic E-state index is 11.5. The molecule has 3 aromatic rings. The zero-order valence-electron chi connectivity index (χ0n) is 21.8. The number of imidazole rings is 1. The monoisotopic (exact) mass is 523 g/mol. The first-order valence-corrected chi connectivity index (χ1v) is 12.3. The second-order valence-electron chi connectivity index (χ2n) is 8.61. The minimum atomic E-state index is -0.759. The van der Waals surface area contributed by atoms with Crippen LogP contribution in [-0.2, 0) is 11.3 Å². The van der Waals surface area contributed by atoms with Gasteiger partial charge in [0, 0.05) is 30.9 Å². The molecule has 0 radical (unpaired) electrons. The smallest absolute Gasteiger partial charge is 0.269 e. The van der Waals surface area contributed by atoms with Gasteiger partial charge in [0.15, 0.2) is 12.0 Å². The summed E-state index contributed by atoms with van der Waals surface area (Å²) in [4.78, 5) is 27.2. The number of aldehydes is 1. The van der Waals surface area contributed by atoms with Gasteiger partial charge in [0.2, 0.25) is 0 Å². The third-order valence-electron chi connectivity index (χ3n) is 5.77. The highest BCUT2D eigenvalue weighted by Crippen LogP contribution is 2.33. The molecule has 0 bridgehead atoms. The number of aryl methyl sites for hydroxylation is 1. The number of benzene rings is 1. The standard InChI is InChI=1S/C17H15N3O4.C6H13NO.C4H5NO/c1-10(22)2-3-11-4-5-14-12(8-11)17-19-15(16(18)23)13(9-21)20(17)6-7-24-14;1-7-6-2-4-8-5-3-6;1-4-2-3-5-6-4/h4-5,8-10,22H,6-7H2,1H3,(H2,18,23);6-7H,2-5H2,1H3;2-3H,1H3. The summed E-state index contributed by atoms with van der Waals surface area (Å²) in [5, 5.41) is 16.0. The number of nitrogens with one attached hydrogen (secondary N) is 1. The Kier molecular flexibility index (Phi) is 10.6. The third-order valence-corrected chi connectivity index (χ3v) is 5.77. The third kappa shape index (κ3) is 7.76. The van der Waals surface area contributed by atoms with Crippen LogP contribution < -0.4 is 15.8 Å². The lowest BCUT2D eigenvalue weighted by atomic mass is 10.1. The maximum absolute atomic E-state index is 11.5. The molecule has 38 heavy (non-hydrogen) atoms. The predicted molar refractivity (Wildman–Crippen MR) is 140 cm³/mol. The minimum absolute atomic E-state index is 0.0617. The Hall–Kier alpha value is -3.98. The van der Waals surface area contributed by atoms with Gasteiger partial charge in [0.1, 0.15) is 35.7 Å². The summed E-state index contributed by atoms with van der Waals surface area (Å²) in [6.45, 7) is 5.99. The first-order chi connectivity index (χ1) is 18.3. The fourth-order valence-corrected chi connectivity index (χ4v) is 3.81. The van der Waals surface area contributed by atoms with Gasteiger partial charge in [0.05, 0.1) is 18.3 Å². The highest BCUT2D eigenvalue weighted by molar-refractivity contribution is 5.99. The Bertz CT molecular complexity index is 1270. The van der Waals surface area contributed by atoms with Gasteiger partial charge in [-0.25, -0.2) is 4.98 Å². The van der Waals surface area contributed by atoms with Gasteiger partial charge in [0.25, 0.3) is 5.91 Å². The van der Waals surface area contributed by atoms with Crippen LogP contribution in [0, 0.1) is 18.8 Å². The largest absolute Gasteiger partial charge is 0.491 e. The van der Waals surface area contributed by atoms with E-state index in [0.29, 0.717) is 48.2 Å². The number of rotatable bonds is 3. The van der Waals surface area contributed by atoms with Gasteiger partial charge >= 0.3 is 0 Å². The fraction of sp³-hybridized carbons (Fsp3) is 0.407. The lowest BCUT2D eigenvalue weighted by Gasteiger charge is -2.20. The molecule has 11 heteroatoms. The molecule has 1 atom stereocenters. The summed E-state index contributed by atoms with van der Waals surface area (Å²) in [7, 11) is 2.01. The number of nitrogens with two attached hydrogens (primary N) is 1. The Morgan fingerprint density at radius 1 is 1.29 bits per heavy atom. The number of aliphatic hydroxyl groups is 1. The van der Waals surface area contributed by atoms with E-state index in [2.05, 4.69) is 31.8 Å². The van der Waals surface area contributed by atoms with Crippen molar-refractivity contribution in [3.05, 3.63) is 53.2 Å². The maximum Gasteiger partial charge on any atom is 0.269 e. The normalized spacial score (nSPS) is 14.8. The molecule has 2 aliphatic heterocycles. The van der Waals surface area contributed by atoms with Crippen molar-refractivity contribution in [2.75, 3.05) is 26.9 Å². The molecule has 2 aromatic heterocycles. The van der Waals surface area contributed by atoms with Crippen molar-refractivity contribution in [2.45, 2.75) is 45.4 Å². The van der Waals surface area contributed by atoms with E-state index in [1.807, 2.05) is 14.0 Å². The number of aliphatic hydroxyl groups excluding tert-OH is 1. The molecule has 1 fully saturated rings. The molecule has 0 spiro atoms. The van der Waals surface area contributed by atoms with Crippen LogP contribution in [0.25, 0.3) is 11.4 Å². The predicted octanol–water partition coefficient (Wildman–Crippen LogP) is 1.95. The number of hydrogen-bond donors (Lipinski definition) is 3. The zero-order chi connectivity index (χ0) is 27.5. The van der Waals surface area contributed by atoms with Gasteiger partial charge in [-0.15, -0.1) is 0 Å². The van der Waals surface area contributed by atoms with Crippen molar-refractivity contribution in [3.63, 3.8) is 0 Å². The summed E-state index contributed by atoms with van der Waals surface area (Å²) in [6.07, 6.45) is 3.80. The molecule has 0 aliphatic carbocycles. The first kappa shape index (κ1) is 28.6. The summed E-state index contributed by atoms with van der Waals surface area (Å²) in [6, 6.07) is 7.77. The lowest BCUT2D eigenvalue weighted by molar-refractivity contribution is 0.0799. The molecular weight excluding hydrogens is 490 g/mol. The summed E-state index contributed by atoms with van der Waals surface area (Å²) in [5.74, 6) is 6.62. The van der Waals surface area contributed by atoms with Gasteiger partial charge in [-0.1, -0.05) is 17.0 Å². The first-order valence-electron chi connectivity index (χ1n) is 12.3. The number of ether oxygens (including phenoxy) is 2. The summed E-state index contributed by atoms with van der Waals surface area (Å²) >= 11 is 0. The molecule has 11 nitrogen and oxygen atoms in total. The molecule has 1 aromatic carbocycles. The van der Waals surface area contributed by atoms with E-state index in [-0.39, 0.29) is 11.4 Å². The van der Waals surface area contributed by atoms with Gasteiger partial charge in [-0.3, -0.25) is 9.59 Å². The van der Waals surface area contributed by atoms with Crippen molar-refractivity contribution in [1.29, 1.82) is 0 Å². The zero-order valence-corrected chi connectivity index (χ0v) is 21.8. The molecule has 5 rings (SSSR count). The Labute approximate surface area is 221 Å². The number of primary amides is 1. The van der Waals surface area contributed by atoms with Gasteiger partial charge in [-0.05, 0) is 51.9 Å². The number of fused-ring (bicyclic) bond motifs is 3. The fourth-order valence-electron chi connectivity index (χ4n) is 3.81. The topological polar surface area (TPSA) is 155 Å². The van der Waals surface area contributed by atoms with Gasteiger partial charge in [-0.2, -0.15) is 0 Å². The molecule has 4 N–H and O–H groups in total. The van der Waals surface area contributed by atoms with E-state index in [9.17, 15) is 14.7 Å². The van der Waals surface area contributed by atoms with Crippen LogP contribution in [0.5, 0.6) is 5.75 Å². The minimum Gasteiger partial charge on any atom is -0.491 e. The molecule has 4 heterocycles. The average Bonchev–Trinajstić information content (AvgIpc) is 3.51. The van der Waals surface area contributed by atoms with Crippen molar-refractivity contribution in [2.24, 2.45) is 5.73 Å².